The van der Waals surface area contributed by atoms with Gasteiger partial charge in [-0.3, -0.25) is 20.8 Å². The third kappa shape index (κ3) is 3.67. The van der Waals surface area contributed by atoms with Crippen LogP contribution in [-0.2, 0) is 0 Å². The molecule has 2 rings (SSSR count). The molecular formula is C13H19N5O3. The van der Waals surface area contributed by atoms with Gasteiger partial charge in [0.2, 0.25) is 0 Å². The van der Waals surface area contributed by atoms with E-state index in [0.717, 1.165) is 19.6 Å². The van der Waals surface area contributed by atoms with Crippen molar-refractivity contribution < 1.29 is 9.72 Å². The van der Waals surface area contributed by atoms with E-state index in [4.69, 9.17) is 5.84 Å². The molecule has 21 heavy (non-hydrogen) atoms. The van der Waals surface area contributed by atoms with Crippen molar-refractivity contribution in [3.8, 4) is 0 Å². The van der Waals surface area contributed by atoms with Gasteiger partial charge < -0.3 is 15.6 Å². The summed E-state index contributed by atoms with van der Waals surface area (Å²) in [4.78, 5) is 24.9. The second-order valence-electron chi connectivity index (χ2n) is 4.91. The van der Waals surface area contributed by atoms with Crippen molar-refractivity contribution in [2.45, 2.75) is 12.8 Å². The maximum absolute atomic E-state index is 12.1. The van der Waals surface area contributed by atoms with Crippen molar-refractivity contribution in [2.24, 2.45) is 5.84 Å². The van der Waals surface area contributed by atoms with E-state index in [2.05, 4.69) is 15.6 Å². The van der Waals surface area contributed by atoms with Crippen LogP contribution in [-0.4, -0.2) is 41.9 Å². The van der Waals surface area contributed by atoms with Gasteiger partial charge in [0.15, 0.2) is 0 Å². The third-order valence-electron chi connectivity index (χ3n) is 3.53. The van der Waals surface area contributed by atoms with Gasteiger partial charge in [-0.05, 0) is 38.1 Å². The highest BCUT2D eigenvalue weighted by Gasteiger charge is 2.24. The average molecular weight is 293 g/mol. The Balaban J connectivity index is 2.02. The van der Waals surface area contributed by atoms with Gasteiger partial charge in [-0.2, -0.15) is 0 Å². The molecular weight excluding hydrogens is 274 g/mol. The van der Waals surface area contributed by atoms with Gasteiger partial charge in [-0.25, -0.2) is 0 Å². The Morgan fingerprint density at radius 3 is 2.71 bits per heavy atom. The molecule has 114 valence electrons. The lowest BCUT2D eigenvalue weighted by Gasteiger charge is -2.15. The molecule has 0 aliphatic carbocycles. The number of nitro groups is 1. The summed E-state index contributed by atoms with van der Waals surface area (Å²) in [5, 5.41) is 13.8. The molecule has 1 aromatic rings. The fourth-order valence-electron chi connectivity index (χ4n) is 2.47. The van der Waals surface area contributed by atoms with Gasteiger partial charge >= 0.3 is 5.69 Å². The molecule has 1 aliphatic heterocycles. The number of nitro benzene ring substituents is 1. The number of rotatable bonds is 6. The summed E-state index contributed by atoms with van der Waals surface area (Å²) in [5.74, 6) is 4.79. The van der Waals surface area contributed by atoms with Crippen LogP contribution in [0.1, 0.15) is 23.2 Å². The second-order valence-corrected chi connectivity index (χ2v) is 4.91. The molecule has 1 amide bonds. The van der Waals surface area contributed by atoms with Gasteiger partial charge in [-0.15, -0.1) is 0 Å². The summed E-state index contributed by atoms with van der Waals surface area (Å²) < 4.78 is 0. The lowest BCUT2D eigenvalue weighted by molar-refractivity contribution is -0.384. The quantitative estimate of drug-likeness (QED) is 0.404. The van der Waals surface area contributed by atoms with Crippen molar-refractivity contribution in [1.29, 1.82) is 0 Å². The van der Waals surface area contributed by atoms with E-state index in [9.17, 15) is 14.9 Å². The Labute approximate surface area is 122 Å². The summed E-state index contributed by atoms with van der Waals surface area (Å²) in [6.07, 6.45) is 2.37. The third-order valence-corrected chi connectivity index (χ3v) is 3.53. The second kappa shape index (κ2) is 7.00. The van der Waals surface area contributed by atoms with Crippen molar-refractivity contribution in [2.75, 3.05) is 31.6 Å². The lowest BCUT2D eigenvalue weighted by atomic mass is 10.1. The Kier molecular flexibility index (Phi) is 5.07. The number of hydrogen-bond acceptors (Lipinski definition) is 6. The Bertz CT molecular complexity index is 529. The molecule has 0 unspecified atom stereocenters. The first kappa shape index (κ1) is 15.2. The van der Waals surface area contributed by atoms with E-state index >= 15 is 0 Å². The van der Waals surface area contributed by atoms with Crippen molar-refractivity contribution >= 4 is 17.3 Å². The van der Waals surface area contributed by atoms with E-state index in [1.54, 1.807) is 6.07 Å². The number of likely N-dealkylation sites (tertiary alicyclic amines) is 1. The molecule has 0 radical (unpaired) electrons. The molecule has 4 N–H and O–H groups in total. The van der Waals surface area contributed by atoms with Gasteiger partial charge in [-0.1, -0.05) is 6.07 Å². The Hall–Kier alpha value is -2.19. The van der Waals surface area contributed by atoms with E-state index in [0.29, 0.717) is 6.54 Å². The molecule has 1 saturated heterocycles. The number of benzene rings is 1. The first-order valence-corrected chi connectivity index (χ1v) is 6.88. The van der Waals surface area contributed by atoms with Gasteiger partial charge in [0.05, 0.1) is 4.92 Å². The monoisotopic (exact) mass is 293 g/mol. The van der Waals surface area contributed by atoms with Crippen LogP contribution in [0.25, 0.3) is 0 Å². The maximum Gasteiger partial charge on any atom is 0.306 e. The minimum absolute atomic E-state index is 0.0110. The zero-order valence-electron chi connectivity index (χ0n) is 11.7. The van der Waals surface area contributed by atoms with E-state index in [1.807, 2.05) is 0 Å². The van der Waals surface area contributed by atoms with Crippen LogP contribution in [0.5, 0.6) is 0 Å². The number of hydrogen-bond donors (Lipinski definition) is 3. The fraction of sp³-hybridized carbons (Fsp3) is 0.462. The number of carbonyl (C=O) groups is 1. The minimum Gasteiger partial charge on any atom is -0.351 e. The molecule has 1 aliphatic rings. The molecule has 8 nitrogen and oxygen atoms in total. The SMILES string of the molecule is NNc1cccc(C(=O)NCCN2CCCC2)c1[N+](=O)[O-]. The van der Waals surface area contributed by atoms with Crippen molar-refractivity contribution in [3.05, 3.63) is 33.9 Å². The predicted octanol–water partition coefficient (Wildman–Crippen LogP) is 0.706. The molecule has 0 spiro atoms. The van der Waals surface area contributed by atoms with E-state index in [-0.39, 0.29) is 16.9 Å². The number of nitrogens with zero attached hydrogens (tertiary/aromatic N) is 2. The molecule has 0 aromatic heterocycles. The number of nitrogen functional groups attached to an aromatic ring is 1. The van der Waals surface area contributed by atoms with Crippen LogP contribution >= 0.6 is 0 Å². The lowest BCUT2D eigenvalue weighted by Crippen LogP contribution is -2.33. The highest BCUT2D eigenvalue weighted by molar-refractivity contribution is 6.00. The zero-order valence-corrected chi connectivity index (χ0v) is 11.7. The maximum atomic E-state index is 12.1. The van der Waals surface area contributed by atoms with Gasteiger partial charge in [0.1, 0.15) is 11.3 Å². The number of anilines is 1. The smallest absolute Gasteiger partial charge is 0.306 e. The molecule has 1 aromatic carbocycles. The summed E-state index contributed by atoms with van der Waals surface area (Å²) in [7, 11) is 0. The van der Waals surface area contributed by atoms with Crippen molar-refractivity contribution in [3.63, 3.8) is 0 Å². The van der Waals surface area contributed by atoms with Crippen LogP contribution in [0.4, 0.5) is 11.4 Å². The topological polar surface area (TPSA) is 114 Å². The van der Waals surface area contributed by atoms with Crippen LogP contribution in [0.2, 0.25) is 0 Å². The summed E-state index contributed by atoms with van der Waals surface area (Å²) >= 11 is 0. The number of hydrazine groups is 1. The highest BCUT2D eigenvalue weighted by atomic mass is 16.6. The molecule has 0 saturated carbocycles. The summed E-state index contributed by atoms with van der Waals surface area (Å²) in [5.41, 5.74) is 2.07. The molecule has 0 bridgehead atoms. The number of nitrogens with one attached hydrogen (secondary N) is 2. The highest BCUT2D eigenvalue weighted by Crippen LogP contribution is 2.27. The fourth-order valence-corrected chi connectivity index (χ4v) is 2.47. The predicted molar refractivity (Wildman–Crippen MR) is 78.9 cm³/mol. The molecule has 1 fully saturated rings. The van der Waals surface area contributed by atoms with Crippen molar-refractivity contribution in [1.82, 2.24) is 10.2 Å². The Morgan fingerprint density at radius 2 is 2.10 bits per heavy atom. The zero-order chi connectivity index (χ0) is 15.2. The summed E-state index contributed by atoms with van der Waals surface area (Å²) in [6, 6.07) is 4.43. The van der Waals surface area contributed by atoms with Crippen LogP contribution in [0.15, 0.2) is 18.2 Å². The Morgan fingerprint density at radius 1 is 1.38 bits per heavy atom. The van der Waals surface area contributed by atoms with Crippen LogP contribution in [0.3, 0.4) is 0 Å². The largest absolute Gasteiger partial charge is 0.351 e. The molecule has 1 heterocycles. The van der Waals surface area contributed by atoms with Gasteiger partial charge in [0.25, 0.3) is 5.91 Å². The number of amides is 1. The minimum atomic E-state index is -0.607. The van der Waals surface area contributed by atoms with Crippen LogP contribution in [0, 0.1) is 10.1 Å². The van der Waals surface area contributed by atoms with E-state index in [1.165, 1.54) is 25.0 Å². The van der Waals surface area contributed by atoms with E-state index < -0.39 is 10.8 Å². The number of nitrogens with two attached hydrogens (primary N) is 1. The van der Waals surface area contributed by atoms with Gasteiger partial charge in [0, 0.05) is 13.1 Å². The normalized spacial score (nSPS) is 14.9. The standard InChI is InChI=1S/C13H19N5O3/c14-16-11-5-3-4-10(12(11)18(20)21)13(19)15-6-9-17-7-1-2-8-17/h3-5,16H,1-2,6-9,14H2,(H,15,19). The molecule has 0 atom stereocenters. The first-order valence-electron chi connectivity index (χ1n) is 6.88. The number of para-hydroxylation sites is 1. The molecule has 8 heteroatoms. The summed E-state index contributed by atoms with van der Waals surface area (Å²) in [6.45, 7) is 3.32. The number of carbonyl (C=O) groups excluding carboxylic acids is 1. The first-order chi connectivity index (χ1) is 10.1. The van der Waals surface area contributed by atoms with Crippen LogP contribution < -0.4 is 16.6 Å². The average Bonchev–Trinajstić information content (AvgIpc) is 2.99.